The van der Waals surface area contributed by atoms with E-state index in [2.05, 4.69) is 10.0 Å². The molecule has 0 saturated carbocycles. The Labute approximate surface area is 67.4 Å². The highest BCUT2D eigenvalue weighted by atomic mass is 32.2. The van der Waals surface area contributed by atoms with Gasteiger partial charge in [-0.05, 0) is 13.3 Å². The lowest BCUT2D eigenvalue weighted by molar-refractivity contribution is 0.563. The molecule has 1 aliphatic heterocycles. The van der Waals surface area contributed by atoms with Crippen molar-refractivity contribution in [2.75, 3.05) is 12.8 Å². The molecule has 0 spiro atoms. The SMILES string of the molecule is C[C@H]1C[C@H](NS(C)(=O)=O)CN1. The number of sulfonamides is 1. The van der Waals surface area contributed by atoms with E-state index in [0.717, 1.165) is 13.0 Å². The second kappa shape index (κ2) is 3.08. The van der Waals surface area contributed by atoms with Gasteiger partial charge in [-0.25, -0.2) is 13.1 Å². The van der Waals surface area contributed by atoms with E-state index in [1.165, 1.54) is 6.26 Å². The lowest BCUT2D eigenvalue weighted by atomic mass is 10.2. The molecule has 66 valence electrons. The molecule has 4 nitrogen and oxygen atoms in total. The van der Waals surface area contributed by atoms with Gasteiger partial charge in [-0.3, -0.25) is 0 Å². The summed E-state index contributed by atoms with van der Waals surface area (Å²) in [7, 11) is -3.02. The van der Waals surface area contributed by atoms with Crippen LogP contribution in [0.4, 0.5) is 0 Å². The number of nitrogens with one attached hydrogen (secondary N) is 2. The van der Waals surface area contributed by atoms with Gasteiger partial charge in [-0.15, -0.1) is 0 Å². The molecule has 0 aromatic rings. The van der Waals surface area contributed by atoms with Gasteiger partial charge in [0.15, 0.2) is 0 Å². The fourth-order valence-corrected chi connectivity index (χ4v) is 2.11. The maximum Gasteiger partial charge on any atom is 0.208 e. The average molecular weight is 178 g/mol. The first-order valence-electron chi connectivity index (χ1n) is 3.68. The zero-order valence-electron chi connectivity index (χ0n) is 6.79. The van der Waals surface area contributed by atoms with Gasteiger partial charge in [0.05, 0.1) is 6.26 Å². The molecule has 2 atom stereocenters. The molecule has 0 aromatic carbocycles. The van der Waals surface area contributed by atoms with Gasteiger partial charge in [0.2, 0.25) is 10.0 Å². The van der Waals surface area contributed by atoms with Crippen molar-refractivity contribution in [3.63, 3.8) is 0 Å². The van der Waals surface area contributed by atoms with E-state index in [1.54, 1.807) is 0 Å². The Hall–Kier alpha value is -0.130. The van der Waals surface area contributed by atoms with Crippen LogP contribution in [0.5, 0.6) is 0 Å². The van der Waals surface area contributed by atoms with Gasteiger partial charge in [0, 0.05) is 18.6 Å². The van der Waals surface area contributed by atoms with Crippen LogP contribution in [0, 0.1) is 0 Å². The van der Waals surface area contributed by atoms with Crippen molar-refractivity contribution in [1.82, 2.24) is 10.0 Å². The van der Waals surface area contributed by atoms with E-state index in [-0.39, 0.29) is 6.04 Å². The maximum absolute atomic E-state index is 10.8. The van der Waals surface area contributed by atoms with Gasteiger partial charge in [0.1, 0.15) is 0 Å². The molecular formula is C6H14N2O2S. The van der Waals surface area contributed by atoms with Gasteiger partial charge < -0.3 is 5.32 Å². The van der Waals surface area contributed by atoms with Crippen molar-refractivity contribution in [1.29, 1.82) is 0 Å². The minimum absolute atomic E-state index is 0.0833. The lowest BCUT2D eigenvalue weighted by Crippen LogP contribution is -2.35. The summed E-state index contributed by atoms with van der Waals surface area (Å²) >= 11 is 0. The summed E-state index contributed by atoms with van der Waals surface area (Å²) in [5, 5.41) is 3.17. The van der Waals surface area contributed by atoms with Crippen LogP contribution in [0.25, 0.3) is 0 Å². The van der Waals surface area contributed by atoms with Crippen LogP contribution in [-0.2, 0) is 10.0 Å². The Morgan fingerprint density at radius 2 is 2.18 bits per heavy atom. The topological polar surface area (TPSA) is 58.2 Å². The second-order valence-electron chi connectivity index (χ2n) is 3.13. The van der Waals surface area contributed by atoms with E-state index in [1.807, 2.05) is 6.92 Å². The monoisotopic (exact) mass is 178 g/mol. The fourth-order valence-electron chi connectivity index (χ4n) is 1.33. The molecule has 0 bridgehead atoms. The third kappa shape index (κ3) is 3.18. The fraction of sp³-hybridized carbons (Fsp3) is 1.00. The molecule has 11 heavy (non-hydrogen) atoms. The third-order valence-corrected chi connectivity index (χ3v) is 2.49. The van der Waals surface area contributed by atoms with Gasteiger partial charge in [0.25, 0.3) is 0 Å². The summed E-state index contributed by atoms with van der Waals surface area (Å²) in [5.74, 6) is 0. The zero-order chi connectivity index (χ0) is 8.48. The van der Waals surface area contributed by atoms with Crippen molar-refractivity contribution in [2.24, 2.45) is 0 Å². The van der Waals surface area contributed by atoms with Crippen LogP contribution in [-0.4, -0.2) is 33.3 Å². The first kappa shape index (κ1) is 8.96. The van der Waals surface area contributed by atoms with Crippen LogP contribution >= 0.6 is 0 Å². The summed E-state index contributed by atoms with van der Waals surface area (Å²) in [6.07, 6.45) is 2.07. The largest absolute Gasteiger partial charge is 0.313 e. The van der Waals surface area contributed by atoms with E-state index >= 15 is 0 Å². The van der Waals surface area contributed by atoms with E-state index in [9.17, 15) is 8.42 Å². The normalized spacial score (nSPS) is 32.5. The number of hydrogen-bond acceptors (Lipinski definition) is 3. The quantitative estimate of drug-likeness (QED) is 0.587. The maximum atomic E-state index is 10.8. The predicted octanol–water partition coefficient (Wildman–Crippen LogP) is -0.714. The molecule has 0 radical (unpaired) electrons. The Morgan fingerprint density at radius 1 is 1.55 bits per heavy atom. The zero-order valence-corrected chi connectivity index (χ0v) is 7.61. The van der Waals surface area contributed by atoms with Crippen LogP contribution in [0.1, 0.15) is 13.3 Å². The van der Waals surface area contributed by atoms with E-state index in [0.29, 0.717) is 6.04 Å². The molecule has 1 rings (SSSR count). The molecule has 0 aromatic heterocycles. The summed E-state index contributed by atoms with van der Waals surface area (Å²) in [4.78, 5) is 0. The van der Waals surface area contributed by atoms with E-state index < -0.39 is 10.0 Å². The molecule has 1 saturated heterocycles. The molecule has 0 unspecified atom stereocenters. The Balaban J connectivity index is 2.41. The molecule has 5 heteroatoms. The van der Waals surface area contributed by atoms with Crippen molar-refractivity contribution >= 4 is 10.0 Å². The number of rotatable bonds is 2. The highest BCUT2D eigenvalue weighted by Gasteiger charge is 2.22. The van der Waals surface area contributed by atoms with Crippen LogP contribution in [0.3, 0.4) is 0 Å². The van der Waals surface area contributed by atoms with Crippen molar-refractivity contribution in [2.45, 2.75) is 25.4 Å². The highest BCUT2D eigenvalue weighted by Crippen LogP contribution is 2.05. The lowest BCUT2D eigenvalue weighted by Gasteiger charge is -2.07. The van der Waals surface area contributed by atoms with Gasteiger partial charge >= 0.3 is 0 Å². The van der Waals surface area contributed by atoms with Crippen LogP contribution in [0.15, 0.2) is 0 Å². The molecule has 0 amide bonds. The standard InChI is InChI=1S/C6H14N2O2S/c1-5-3-6(4-7-5)8-11(2,9)10/h5-8H,3-4H2,1-2H3/t5-,6-/m0/s1. The van der Waals surface area contributed by atoms with Crippen molar-refractivity contribution in [3.8, 4) is 0 Å². The highest BCUT2D eigenvalue weighted by molar-refractivity contribution is 7.88. The Kier molecular flexibility index (Phi) is 2.51. The Morgan fingerprint density at radius 3 is 2.55 bits per heavy atom. The first-order valence-corrected chi connectivity index (χ1v) is 5.57. The minimum atomic E-state index is -3.02. The summed E-state index contributed by atoms with van der Waals surface area (Å²) in [6, 6.07) is 0.509. The second-order valence-corrected chi connectivity index (χ2v) is 4.91. The van der Waals surface area contributed by atoms with Crippen molar-refractivity contribution < 1.29 is 8.42 Å². The smallest absolute Gasteiger partial charge is 0.208 e. The van der Waals surface area contributed by atoms with Crippen molar-refractivity contribution in [3.05, 3.63) is 0 Å². The number of hydrogen-bond donors (Lipinski definition) is 2. The molecule has 1 aliphatic rings. The first-order chi connectivity index (χ1) is 4.97. The third-order valence-electron chi connectivity index (χ3n) is 1.73. The molecular weight excluding hydrogens is 164 g/mol. The summed E-state index contributed by atoms with van der Waals surface area (Å²) in [6.45, 7) is 2.79. The summed E-state index contributed by atoms with van der Waals surface area (Å²) in [5.41, 5.74) is 0. The van der Waals surface area contributed by atoms with E-state index in [4.69, 9.17) is 0 Å². The molecule has 2 N–H and O–H groups in total. The predicted molar refractivity (Wildman–Crippen MR) is 43.8 cm³/mol. The molecule has 0 aliphatic carbocycles. The average Bonchev–Trinajstić information content (AvgIpc) is 2.10. The molecule has 1 heterocycles. The minimum Gasteiger partial charge on any atom is -0.313 e. The summed E-state index contributed by atoms with van der Waals surface area (Å²) < 4.78 is 24.1. The van der Waals surface area contributed by atoms with Gasteiger partial charge in [-0.2, -0.15) is 0 Å². The molecule has 1 fully saturated rings. The van der Waals surface area contributed by atoms with Crippen LogP contribution in [0.2, 0.25) is 0 Å². The van der Waals surface area contributed by atoms with Gasteiger partial charge in [-0.1, -0.05) is 0 Å². The van der Waals surface area contributed by atoms with Crippen LogP contribution < -0.4 is 10.0 Å². The Bertz CT molecular complexity index is 225.